The molecular formula is C23H25N5O8S. The molecule has 2 aromatic carbocycles. The van der Waals surface area contributed by atoms with Crippen LogP contribution in [0.3, 0.4) is 0 Å². The SMILES string of the molecule is COC(=O)C1NCC(S(=O)(=O)Nc2ccc([N+](=O)[O-])cc2OCc2ccccc2)c2cnn(CCO)c21. The Hall–Kier alpha value is -4.01. The number of aliphatic hydroxyl groups is 1. The van der Waals surface area contributed by atoms with Crippen molar-refractivity contribution < 1.29 is 32.7 Å². The Kier molecular flexibility index (Phi) is 7.71. The van der Waals surface area contributed by atoms with E-state index in [2.05, 4.69) is 15.1 Å². The summed E-state index contributed by atoms with van der Waals surface area (Å²) in [4.78, 5) is 23.0. The standard InChI is InChI=1S/C23H25N5O8S/c1-35-23(30)21-22-17(12-25-27(22)9-10-29)20(13-24-21)37(33,34)26-18-8-7-16(28(31)32)11-19(18)36-14-15-5-3-2-4-6-15/h2-8,11-12,20-21,24,26,29H,9-10,13-14H2,1H3. The van der Waals surface area contributed by atoms with Crippen molar-refractivity contribution in [2.24, 2.45) is 0 Å². The topological polar surface area (TPSA) is 175 Å². The van der Waals surface area contributed by atoms with E-state index in [-0.39, 0.29) is 54.7 Å². The molecule has 14 heteroatoms. The van der Waals surface area contributed by atoms with Crippen LogP contribution in [0.5, 0.6) is 5.75 Å². The van der Waals surface area contributed by atoms with Gasteiger partial charge in [0.25, 0.3) is 5.69 Å². The van der Waals surface area contributed by atoms with Gasteiger partial charge in [-0.1, -0.05) is 30.3 Å². The number of carbonyl (C=O) groups excluding carboxylic acids is 1. The summed E-state index contributed by atoms with van der Waals surface area (Å²) in [5.74, 6) is -0.647. The molecule has 4 rings (SSSR count). The molecule has 0 spiro atoms. The molecule has 0 aliphatic carbocycles. The highest BCUT2D eigenvalue weighted by molar-refractivity contribution is 7.93. The molecule has 3 aromatic rings. The number of aromatic nitrogens is 2. The summed E-state index contributed by atoms with van der Waals surface area (Å²) in [5, 5.41) is 26.6. The fraction of sp³-hybridized carbons (Fsp3) is 0.304. The zero-order valence-electron chi connectivity index (χ0n) is 19.7. The van der Waals surface area contributed by atoms with Crippen molar-refractivity contribution in [3.63, 3.8) is 0 Å². The van der Waals surface area contributed by atoms with E-state index in [0.717, 1.165) is 11.6 Å². The molecule has 1 aromatic heterocycles. The first kappa shape index (κ1) is 26.1. The second-order valence-electron chi connectivity index (χ2n) is 8.14. The summed E-state index contributed by atoms with van der Waals surface area (Å²) < 4.78 is 41.5. The van der Waals surface area contributed by atoms with Crippen molar-refractivity contribution >= 4 is 27.4 Å². The fourth-order valence-electron chi connectivity index (χ4n) is 4.06. The lowest BCUT2D eigenvalue weighted by Crippen LogP contribution is -2.42. The summed E-state index contributed by atoms with van der Waals surface area (Å²) in [6.45, 7) is -0.312. The summed E-state index contributed by atoms with van der Waals surface area (Å²) in [5.41, 5.74) is 1.07. The van der Waals surface area contributed by atoms with Crippen LogP contribution >= 0.6 is 0 Å². The van der Waals surface area contributed by atoms with E-state index < -0.39 is 32.2 Å². The second-order valence-corrected chi connectivity index (χ2v) is 10.0. The molecule has 0 amide bonds. The minimum atomic E-state index is -4.18. The number of anilines is 1. The van der Waals surface area contributed by atoms with E-state index in [9.17, 15) is 28.4 Å². The average Bonchev–Trinajstić information content (AvgIpc) is 3.31. The minimum absolute atomic E-state index is 0.0147. The van der Waals surface area contributed by atoms with Gasteiger partial charge in [-0.05, 0) is 11.6 Å². The van der Waals surface area contributed by atoms with Crippen LogP contribution in [0.2, 0.25) is 0 Å². The number of aliphatic hydroxyl groups excluding tert-OH is 1. The van der Waals surface area contributed by atoms with Crippen molar-refractivity contribution in [3.05, 3.63) is 81.7 Å². The van der Waals surface area contributed by atoms with Gasteiger partial charge in [0.2, 0.25) is 10.0 Å². The number of nitro groups is 1. The first-order chi connectivity index (χ1) is 17.7. The van der Waals surface area contributed by atoms with E-state index in [1.807, 2.05) is 18.2 Å². The molecule has 2 atom stereocenters. The van der Waals surface area contributed by atoms with E-state index in [1.54, 1.807) is 12.1 Å². The second kappa shape index (κ2) is 10.9. The van der Waals surface area contributed by atoms with Crippen LogP contribution in [0.15, 0.2) is 54.7 Å². The lowest BCUT2D eigenvalue weighted by atomic mass is 10.0. The quantitative estimate of drug-likeness (QED) is 0.198. The predicted octanol–water partition coefficient (Wildman–Crippen LogP) is 1.66. The predicted molar refractivity (Wildman–Crippen MR) is 131 cm³/mol. The van der Waals surface area contributed by atoms with Crippen molar-refractivity contribution in [1.29, 1.82) is 0 Å². The van der Waals surface area contributed by atoms with E-state index in [1.165, 1.54) is 30.1 Å². The monoisotopic (exact) mass is 531 g/mol. The third-order valence-electron chi connectivity index (χ3n) is 5.83. The number of sulfonamides is 1. The van der Waals surface area contributed by atoms with Gasteiger partial charge in [0.15, 0.2) is 5.75 Å². The molecule has 1 aliphatic rings. The van der Waals surface area contributed by atoms with Gasteiger partial charge in [0.05, 0.1) is 48.8 Å². The molecule has 0 fully saturated rings. The smallest absolute Gasteiger partial charge is 0.329 e. The fourth-order valence-corrected chi connectivity index (χ4v) is 5.50. The van der Waals surface area contributed by atoms with Gasteiger partial charge in [-0.15, -0.1) is 0 Å². The number of methoxy groups -OCH3 is 1. The third kappa shape index (κ3) is 5.55. The molecule has 0 saturated carbocycles. The number of fused-ring (bicyclic) bond motifs is 1. The molecule has 0 radical (unpaired) electrons. The van der Waals surface area contributed by atoms with Gasteiger partial charge in [-0.25, -0.2) is 13.2 Å². The van der Waals surface area contributed by atoms with Crippen LogP contribution in [-0.2, 0) is 32.7 Å². The zero-order valence-corrected chi connectivity index (χ0v) is 20.6. The Morgan fingerprint density at radius 1 is 1.30 bits per heavy atom. The number of hydrogen-bond acceptors (Lipinski definition) is 10. The normalized spacial score (nSPS) is 17.0. The summed E-state index contributed by atoms with van der Waals surface area (Å²) >= 11 is 0. The third-order valence-corrected chi connectivity index (χ3v) is 7.50. The van der Waals surface area contributed by atoms with Gasteiger partial charge in [0, 0.05) is 18.2 Å². The maximum Gasteiger partial charge on any atom is 0.329 e. The highest BCUT2D eigenvalue weighted by Crippen LogP contribution is 2.37. The number of hydrogen-bond donors (Lipinski definition) is 3. The average molecular weight is 532 g/mol. The van der Waals surface area contributed by atoms with Crippen molar-refractivity contribution in [3.8, 4) is 5.75 Å². The molecule has 2 heterocycles. The zero-order chi connectivity index (χ0) is 26.6. The van der Waals surface area contributed by atoms with Gasteiger partial charge in [-0.3, -0.25) is 24.8 Å². The molecular weight excluding hydrogens is 506 g/mol. The first-order valence-electron chi connectivity index (χ1n) is 11.2. The molecule has 3 N–H and O–H groups in total. The number of rotatable bonds is 10. The van der Waals surface area contributed by atoms with Crippen LogP contribution in [0, 0.1) is 10.1 Å². The largest absolute Gasteiger partial charge is 0.486 e. The van der Waals surface area contributed by atoms with Crippen LogP contribution < -0.4 is 14.8 Å². The number of esters is 1. The van der Waals surface area contributed by atoms with Crippen molar-refractivity contribution in [1.82, 2.24) is 15.1 Å². The Balaban J connectivity index is 1.66. The number of nitro benzene ring substituents is 1. The summed E-state index contributed by atoms with van der Waals surface area (Å²) in [7, 11) is -2.96. The van der Waals surface area contributed by atoms with E-state index >= 15 is 0 Å². The van der Waals surface area contributed by atoms with Gasteiger partial charge >= 0.3 is 5.97 Å². The first-order valence-corrected chi connectivity index (χ1v) is 12.7. The summed E-state index contributed by atoms with van der Waals surface area (Å²) in [6.07, 6.45) is 1.34. The molecule has 13 nitrogen and oxygen atoms in total. The van der Waals surface area contributed by atoms with Crippen LogP contribution in [0.25, 0.3) is 0 Å². The van der Waals surface area contributed by atoms with Crippen LogP contribution in [0.4, 0.5) is 11.4 Å². The number of non-ortho nitro benzene ring substituents is 1. The minimum Gasteiger partial charge on any atom is -0.486 e. The van der Waals surface area contributed by atoms with Gasteiger partial charge in [0.1, 0.15) is 17.9 Å². The molecule has 1 aliphatic heterocycles. The molecule has 196 valence electrons. The number of carbonyl (C=O) groups is 1. The summed E-state index contributed by atoms with van der Waals surface area (Å²) in [6, 6.07) is 11.7. The lowest BCUT2D eigenvalue weighted by molar-refractivity contribution is -0.384. The van der Waals surface area contributed by atoms with Crippen molar-refractivity contribution in [2.75, 3.05) is 25.0 Å². The molecule has 2 unspecified atom stereocenters. The van der Waals surface area contributed by atoms with Crippen LogP contribution in [-0.4, -0.2) is 54.5 Å². The Morgan fingerprint density at radius 2 is 2.05 bits per heavy atom. The van der Waals surface area contributed by atoms with Gasteiger partial charge < -0.3 is 14.6 Å². The Morgan fingerprint density at radius 3 is 2.73 bits per heavy atom. The van der Waals surface area contributed by atoms with Crippen molar-refractivity contribution in [2.45, 2.75) is 24.4 Å². The molecule has 0 bridgehead atoms. The maximum atomic E-state index is 13.5. The highest BCUT2D eigenvalue weighted by Gasteiger charge is 2.41. The number of ether oxygens (including phenoxy) is 2. The van der Waals surface area contributed by atoms with Crippen LogP contribution in [0.1, 0.15) is 28.1 Å². The Bertz CT molecular complexity index is 1390. The highest BCUT2D eigenvalue weighted by atomic mass is 32.2. The van der Waals surface area contributed by atoms with E-state index in [4.69, 9.17) is 9.47 Å². The molecule has 0 saturated heterocycles. The number of nitrogens with zero attached hydrogens (tertiary/aromatic N) is 3. The number of nitrogens with one attached hydrogen (secondary N) is 2. The van der Waals surface area contributed by atoms with E-state index in [0.29, 0.717) is 0 Å². The van der Waals surface area contributed by atoms with Gasteiger partial charge in [-0.2, -0.15) is 5.10 Å². The number of benzene rings is 2. The Labute approximate surface area is 212 Å². The molecule has 37 heavy (non-hydrogen) atoms. The maximum absolute atomic E-state index is 13.5. The lowest BCUT2D eigenvalue weighted by Gasteiger charge is -2.29.